The summed E-state index contributed by atoms with van der Waals surface area (Å²) in [7, 11) is 0. The molecule has 8 rings (SSSR count). The number of thiophene rings is 1. The predicted molar refractivity (Wildman–Crippen MR) is 219 cm³/mol. The molecule has 5 heteroatoms. The molecule has 0 aliphatic rings. The van der Waals surface area contributed by atoms with Gasteiger partial charge in [0.25, 0.3) is 0 Å². The van der Waals surface area contributed by atoms with E-state index in [4.69, 9.17) is 4.98 Å². The molecule has 3 aromatic heterocycles. The number of benzene rings is 5. The third-order valence-electron chi connectivity index (χ3n) is 8.94. The maximum absolute atomic E-state index is 4.78. The van der Waals surface area contributed by atoms with Gasteiger partial charge in [0.05, 0.1) is 0 Å². The van der Waals surface area contributed by atoms with Crippen LogP contribution in [-0.2, 0) is 26.5 Å². The molecule has 0 aliphatic carbocycles. The summed E-state index contributed by atoms with van der Waals surface area (Å²) < 4.78 is 4.03. The molecule has 0 amide bonds. The van der Waals surface area contributed by atoms with Gasteiger partial charge in [-0.25, -0.2) is 0 Å². The third-order valence-corrected chi connectivity index (χ3v) is 14.4. The van der Waals surface area contributed by atoms with Crippen LogP contribution in [0.4, 0.5) is 0 Å². The van der Waals surface area contributed by atoms with Crippen LogP contribution in [0.5, 0.6) is 0 Å². The van der Waals surface area contributed by atoms with Gasteiger partial charge in [-0.05, 0) is 61.6 Å². The largest absolute Gasteiger partial charge is 0 e. The topological polar surface area (TPSA) is 25.8 Å². The number of fused-ring (bicyclic) bond motifs is 5. The SMILES string of the molecule is CC(C)(C)Cc1ccnc(-c2[c-]ccc3c2sc2c4ccccc4cc(-c4ccccc4)c32)c1.[CH3][Ge]([CH3])([CH3])[c]1ccc(-c2[c-]cccc2)nc1.[Ir]. The molecule has 1 radical (unpaired) electrons. The predicted octanol–water partition coefficient (Wildman–Crippen LogP) is 12.4. The van der Waals surface area contributed by atoms with E-state index >= 15 is 0 Å². The van der Waals surface area contributed by atoms with Crippen LogP contribution in [0.15, 0.2) is 134 Å². The molecule has 2 nitrogen and oxygen atoms in total. The van der Waals surface area contributed by atoms with Crippen molar-refractivity contribution in [3.05, 3.63) is 151 Å². The summed E-state index contributed by atoms with van der Waals surface area (Å²) >= 11 is 0.153. The van der Waals surface area contributed by atoms with Gasteiger partial charge in [-0.2, -0.15) is 11.3 Å². The van der Waals surface area contributed by atoms with Gasteiger partial charge in [0.15, 0.2) is 0 Å². The summed E-state index contributed by atoms with van der Waals surface area (Å²) in [5.41, 5.74) is 8.26. The van der Waals surface area contributed by atoms with Gasteiger partial charge in [0.2, 0.25) is 0 Å². The second-order valence-electron chi connectivity index (χ2n) is 15.2. The summed E-state index contributed by atoms with van der Waals surface area (Å²) in [5.74, 6) is 7.14. The van der Waals surface area contributed by atoms with Crippen molar-refractivity contribution in [3.8, 4) is 33.6 Å². The van der Waals surface area contributed by atoms with Crippen LogP contribution in [0.2, 0.25) is 17.3 Å². The average molecular weight is 920 g/mol. The van der Waals surface area contributed by atoms with Crippen LogP contribution in [0.3, 0.4) is 0 Å². The van der Waals surface area contributed by atoms with Crippen LogP contribution in [0, 0.1) is 17.5 Å². The van der Waals surface area contributed by atoms with E-state index in [0.717, 1.165) is 28.9 Å². The molecule has 0 unspecified atom stereocenters. The second kappa shape index (κ2) is 15.4. The van der Waals surface area contributed by atoms with Crippen molar-refractivity contribution in [1.29, 1.82) is 0 Å². The van der Waals surface area contributed by atoms with Crippen molar-refractivity contribution in [3.63, 3.8) is 0 Å². The smallest absolute Gasteiger partial charge is 0 e. The first kappa shape index (κ1) is 36.8. The molecule has 51 heavy (non-hydrogen) atoms. The molecule has 0 aliphatic heterocycles. The summed E-state index contributed by atoms with van der Waals surface area (Å²) in [4.78, 5) is 9.31. The fourth-order valence-electron chi connectivity index (χ4n) is 6.50. The fourth-order valence-corrected chi connectivity index (χ4v) is 10.0. The fraction of sp³-hybridized carbons (Fsp3) is 0.174. The Balaban J connectivity index is 0.000000222. The summed E-state index contributed by atoms with van der Waals surface area (Å²) in [6.07, 6.45) is 5.01. The zero-order chi connectivity index (χ0) is 34.9. The summed E-state index contributed by atoms with van der Waals surface area (Å²) in [6, 6.07) is 49.5. The number of pyridine rings is 2. The van der Waals surface area contributed by atoms with Gasteiger partial charge < -0.3 is 4.98 Å². The molecule has 0 fully saturated rings. The Morgan fingerprint density at radius 3 is 2.16 bits per heavy atom. The van der Waals surface area contributed by atoms with E-state index in [0.29, 0.717) is 0 Å². The van der Waals surface area contributed by atoms with Crippen LogP contribution < -0.4 is 4.40 Å². The number of rotatable bonds is 5. The van der Waals surface area contributed by atoms with E-state index < -0.39 is 13.3 Å². The monoisotopic (exact) mass is 921 g/mol. The maximum Gasteiger partial charge on any atom is 0 e. The zero-order valence-electron chi connectivity index (χ0n) is 30.0. The summed E-state index contributed by atoms with van der Waals surface area (Å²) in [6.45, 7) is 6.84. The number of nitrogens with zero attached hydrogens (tertiary/aromatic N) is 2. The number of aromatic nitrogens is 2. The Bertz CT molecular complexity index is 2410. The molecular formula is C46H42GeIrN2S-2. The minimum absolute atomic E-state index is 0. The van der Waals surface area contributed by atoms with Gasteiger partial charge in [-0.3, -0.25) is 0 Å². The molecule has 257 valence electrons. The molecule has 0 N–H and O–H groups in total. The quantitative estimate of drug-likeness (QED) is 0.127. The Kier molecular flexibility index (Phi) is 11.1. The molecule has 3 heterocycles. The number of hydrogen-bond acceptors (Lipinski definition) is 3. The van der Waals surface area contributed by atoms with Crippen molar-refractivity contribution >= 4 is 59.9 Å². The van der Waals surface area contributed by atoms with Crippen molar-refractivity contribution in [2.45, 2.75) is 44.5 Å². The van der Waals surface area contributed by atoms with Crippen LogP contribution in [0.25, 0.3) is 64.6 Å². The van der Waals surface area contributed by atoms with Gasteiger partial charge in [0.1, 0.15) is 0 Å². The Morgan fingerprint density at radius 1 is 0.686 bits per heavy atom. The van der Waals surface area contributed by atoms with Gasteiger partial charge in [-0.15, -0.1) is 23.8 Å². The van der Waals surface area contributed by atoms with Crippen molar-refractivity contribution in [2.24, 2.45) is 5.41 Å². The Labute approximate surface area is 322 Å². The van der Waals surface area contributed by atoms with Gasteiger partial charge in [0, 0.05) is 31.0 Å². The van der Waals surface area contributed by atoms with Crippen molar-refractivity contribution in [1.82, 2.24) is 9.97 Å². The van der Waals surface area contributed by atoms with Crippen LogP contribution in [0.1, 0.15) is 26.3 Å². The van der Waals surface area contributed by atoms with Gasteiger partial charge in [-0.1, -0.05) is 92.4 Å². The summed E-state index contributed by atoms with van der Waals surface area (Å²) in [5, 5.41) is 5.18. The first-order valence-electron chi connectivity index (χ1n) is 17.3. The minimum Gasteiger partial charge on any atom is 0 e. The average Bonchev–Trinajstić information content (AvgIpc) is 3.52. The molecule has 5 aromatic carbocycles. The molecule has 0 saturated carbocycles. The standard InChI is InChI=1S/C32H26NS.C14H16GeN.Ir/c1-32(2,3)20-21-16-17-33-28(18-21)25-14-9-15-26-29-27(22-10-5-4-6-11-22)19-23-12-7-8-13-24(23)31(29)34-30(25)26;1-15(2,3)13-9-10-14(16-11-13)12-7-5-4-6-8-12;/h4-13,15-19H,20H2,1-3H3;4-7,9-11H,1-3H3;/q2*-1;. The molecule has 0 atom stereocenters. The van der Waals surface area contributed by atoms with Crippen LogP contribution in [-0.4, -0.2) is 23.2 Å². The third kappa shape index (κ3) is 8.26. The first-order chi connectivity index (χ1) is 24.0. The van der Waals surface area contributed by atoms with E-state index in [9.17, 15) is 0 Å². The molecule has 0 bridgehead atoms. The van der Waals surface area contributed by atoms with E-state index in [2.05, 4.69) is 152 Å². The second-order valence-corrected chi connectivity index (χ2v) is 26.8. The first-order valence-corrected chi connectivity index (χ1v) is 25.4. The van der Waals surface area contributed by atoms with E-state index in [1.165, 1.54) is 52.0 Å². The van der Waals surface area contributed by atoms with E-state index in [-0.39, 0.29) is 25.5 Å². The Hall–Kier alpha value is -3.93. The van der Waals surface area contributed by atoms with E-state index in [1.54, 1.807) is 0 Å². The van der Waals surface area contributed by atoms with Crippen LogP contribution >= 0.6 is 11.3 Å². The zero-order valence-corrected chi connectivity index (χ0v) is 35.4. The molecule has 0 saturated heterocycles. The number of hydrogen-bond donors (Lipinski definition) is 0. The maximum atomic E-state index is 4.78. The normalized spacial score (nSPS) is 11.6. The van der Waals surface area contributed by atoms with E-state index in [1.807, 2.05) is 48.0 Å². The Morgan fingerprint density at radius 2 is 1.45 bits per heavy atom. The molecule has 0 spiro atoms. The van der Waals surface area contributed by atoms with Crippen molar-refractivity contribution in [2.75, 3.05) is 0 Å². The minimum atomic E-state index is -1.72. The van der Waals surface area contributed by atoms with Crippen molar-refractivity contribution < 1.29 is 20.1 Å². The molecular weight excluding hydrogens is 877 g/mol. The molecule has 8 aromatic rings. The van der Waals surface area contributed by atoms with Gasteiger partial charge >= 0.3 is 99.8 Å².